The quantitative estimate of drug-likeness (QED) is 0.411. The van der Waals surface area contributed by atoms with Gasteiger partial charge in [0.05, 0.1) is 18.2 Å². The number of nitrogens with one attached hydrogen (secondary N) is 1. The van der Waals surface area contributed by atoms with Crippen LogP contribution in [0.25, 0.3) is 0 Å². The smallest absolute Gasteiger partial charge is 0.335 e. The lowest BCUT2D eigenvalue weighted by Gasteiger charge is -2.52. The van der Waals surface area contributed by atoms with Gasteiger partial charge < -0.3 is 25.2 Å². The van der Waals surface area contributed by atoms with Crippen molar-refractivity contribution >= 4 is 17.8 Å². The molecule has 1 saturated carbocycles. The summed E-state index contributed by atoms with van der Waals surface area (Å²) in [7, 11) is 0. The number of aromatic carboxylic acids is 1. The van der Waals surface area contributed by atoms with Crippen LogP contribution in [0.2, 0.25) is 0 Å². The first-order chi connectivity index (χ1) is 20.3. The molecular weight excluding hydrogens is 534 g/mol. The van der Waals surface area contributed by atoms with Crippen molar-refractivity contribution in [1.29, 1.82) is 0 Å². The van der Waals surface area contributed by atoms with E-state index in [1.165, 1.54) is 12.1 Å². The number of benzene rings is 2. The minimum Gasteiger partial charge on any atom is -0.478 e. The molecule has 2 amide bonds. The molecular formula is C33H39N3O6. The van der Waals surface area contributed by atoms with Gasteiger partial charge in [0, 0.05) is 19.6 Å². The fourth-order valence-electron chi connectivity index (χ4n) is 6.51. The van der Waals surface area contributed by atoms with Gasteiger partial charge in [0.1, 0.15) is 23.1 Å². The van der Waals surface area contributed by atoms with E-state index in [9.17, 15) is 19.5 Å². The molecule has 2 atom stereocenters. The number of carbonyl (C=O) groups is 3. The third kappa shape index (κ3) is 6.30. The highest BCUT2D eigenvalue weighted by molar-refractivity contribution is 6.00. The number of nitrogens with zero attached hydrogens (tertiary/aromatic N) is 2. The lowest BCUT2D eigenvalue weighted by Crippen LogP contribution is -2.75. The Labute approximate surface area is 246 Å². The van der Waals surface area contributed by atoms with Crippen LogP contribution in [-0.2, 0) is 16.1 Å². The minimum atomic E-state index is -0.981. The lowest BCUT2D eigenvalue weighted by atomic mass is 9.78. The first-order valence-electron chi connectivity index (χ1n) is 14.8. The predicted molar refractivity (Wildman–Crippen MR) is 157 cm³/mol. The van der Waals surface area contributed by atoms with E-state index >= 15 is 0 Å². The van der Waals surface area contributed by atoms with Gasteiger partial charge in [-0.3, -0.25) is 14.5 Å². The Balaban J connectivity index is 1.21. The van der Waals surface area contributed by atoms with Gasteiger partial charge >= 0.3 is 5.97 Å². The minimum absolute atomic E-state index is 0.0253. The summed E-state index contributed by atoms with van der Waals surface area (Å²) in [6.07, 6.45) is 5.09. The van der Waals surface area contributed by atoms with E-state index in [1.54, 1.807) is 24.0 Å². The predicted octanol–water partition coefficient (Wildman–Crippen LogP) is 3.80. The number of hydrogen-bond donors (Lipinski definition) is 3. The number of piperidine rings is 1. The Bertz CT molecular complexity index is 1330. The van der Waals surface area contributed by atoms with Crippen molar-refractivity contribution in [2.45, 2.75) is 76.1 Å². The Hall–Kier alpha value is -3.87. The number of carboxylic acid groups (broad SMARTS) is 1. The van der Waals surface area contributed by atoms with Gasteiger partial charge in [-0.2, -0.15) is 0 Å². The number of rotatable bonds is 8. The molecule has 0 bridgehead atoms. The summed E-state index contributed by atoms with van der Waals surface area (Å²) < 4.78 is 5.85. The Kier molecular flexibility index (Phi) is 9.15. The molecule has 2 saturated heterocycles. The fraction of sp³-hybridized carbons (Fsp3) is 0.485. The van der Waals surface area contributed by atoms with Crippen LogP contribution in [0.4, 0.5) is 0 Å². The number of piperazine rings is 1. The van der Waals surface area contributed by atoms with Crippen molar-refractivity contribution < 1.29 is 29.3 Å². The summed E-state index contributed by atoms with van der Waals surface area (Å²) in [5.41, 5.74) is 0.330. The number of carboxylic acids is 1. The number of hydrogen-bond acceptors (Lipinski definition) is 6. The van der Waals surface area contributed by atoms with Crippen molar-refractivity contribution in [2.75, 3.05) is 19.6 Å². The molecule has 2 heterocycles. The van der Waals surface area contributed by atoms with Crippen LogP contribution >= 0.6 is 0 Å². The van der Waals surface area contributed by atoms with Crippen LogP contribution in [0.15, 0.2) is 48.5 Å². The van der Waals surface area contributed by atoms with Crippen LogP contribution in [-0.4, -0.2) is 75.1 Å². The average Bonchev–Trinajstić information content (AvgIpc) is 3.01. The van der Waals surface area contributed by atoms with E-state index in [1.807, 2.05) is 24.3 Å². The normalized spacial score (nSPS) is 21.8. The number of ether oxygens (including phenoxy) is 1. The molecule has 42 heavy (non-hydrogen) atoms. The summed E-state index contributed by atoms with van der Waals surface area (Å²) >= 11 is 0. The van der Waals surface area contributed by atoms with Gasteiger partial charge in [-0.05, 0) is 80.5 Å². The number of amides is 2. The highest BCUT2D eigenvalue weighted by atomic mass is 16.5. The first kappa shape index (κ1) is 29.6. The molecule has 0 radical (unpaired) electrons. The number of carbonyl (C=O) groups excluding carboxylic acids is 2. The third-order valence-electron chi connectivity index (χ3n) is 9.00. The van der Waals surface area contributed by atoms with Crippen LogP contribution < -0.4 is 10.1 Å². The van der Waals surface area contributed by atoms with E-state index < -0.39 is 23.7 Å². The van der Waals surface area contributed by atoms with Crippen molar-refractivity contribution in [3.63, 3.8) is 0 Å². The number of aliphatic hydroxyl groups excluding tert-OH is 1. The van der Waals surface area contributed by atoms with E-state index in [0.717, 1.165) is 37.7 Å². The molecule has 3 N–H and O–H groups in total. The maximum Gasteiger partial charge on any atom is 0.335 e. The largest absolute Gasteiger partial charge is 0.478 e. The first-order valence-corrected chi connectivity index (χ1v) is 14.8. The van der Waals surface area contributed by atoms with Crippen LogP contribution in [0.3, 0.4) is 0 Å². The molecule has 222 valence electrons. The maximum absolute atomic E-state index is 13.7. The average molecular weight is 574 g/mol. The lowest BCUT2D eigenvalue weighted by molar-refractivity contribution is -0.164. The Morgan fingerprint density at radius 1 is 1.02 bits per heavy atom. The fourth-order valence-corrected chi connectivity index (χ4v) is 6.51. The molecule has 2 aliphatic heterocycles. The van der Waals surface area contributed by atoms with Crippen LogP contribution in [0.5, 0.6) is 11.5 Å². The zero-order chi connectivity index (χ0) is 29.7. The number of likely N-dealkylation sites (tertiary alicyclic amines) is 1. The zero-order valence-corrected chi connectivity index (χ0v) is 24.1. The van der Waals surface area contributed by atoms with E-state index in [4.69, 9.17) is 9.84 Å². The molecule has 0 aromatic heterocycles. The number of aliphatic hydroxyl groups is 1. The molecule has 1 spiro atoms. The summed E-state index contributed by atoms with van der Waals surface area (Å²) in [4.78, 5) is 42.4. The van der Waals surface area contributed by atoms with Crippen molar-refractivity contribution in [3.8, 4) is 23.3 Å². The molecule has 5 rings (SSSR count). The summed E-state index contributed by atoms with van der Waals surface area (Å²) in [5.74, 6) is 5.71. The second-order valence-corrected chi connectivity index (χ2v) is 11.6. The standard InChI is InChI=1S/C33H39N3O6/c1-2-3-19-36-30(38)28(29(37)24-7-5-4-6-8-24)34-32(41)33(36)17-20-35(21-18-33)22-23-9-13-26(14-10-23)42-27-15-11-25(12-16-27)31(39)40/h9-16,24,28-29,37H,4-8,17-22H2,1H3,(H,34,41)(H,39,40)/t28-,29-/m1/s1. The van der Waals surface area contributed by atoms with E-state index in [-0.39, 0.29) is 29.8 Å². The van der Waals surface area contributed by atoms with Crippen molar-refractivity contribution in [2.24, 2.45) is 5.92 Å². The molecule has 2 aromatic rings. The topological polar surface area (TPSA) is 119 Å². The SMILES string of the molecule is CC#CCN1C(=O)[C@@H]([C@H](O)C2CCCCC2)NC(=O)C12CCN(Cc1ccc(Oc3ccc(C(=O)O)cc3)cc1)CC2. The van der Waals surface area contributed by atoms with Crippen LogP contribution in [0.1, 0.15) is 67.8 Å². The van der Waals surface area contributed by atoms with E-state index in [0.29, 0.717) is 44.0 Å². The van der Waals surface area contributed by atoms with Gasteiger partial charge in [0.2, 0.25) is 11.8 Å². The Morgan fingerprint density at radius 3 is 2.24 bits per heavy atom. The zero-order valence-electron chi connectivity index (χ0n) is 24.1. The summed E-state index contributed by atoms with van der Waals surface area (Å²) in [5, 5.41) is 23.1. The molecule has 1 aliphatic carbocycles. The second kappa shape index (κ2) is 13.0. The van der Waals surface area contributed by atoms with Crippen molar-refractivity contribution in [1.82, 2.24) is 15.1 Å². The highest BCUT2D eigenvalue weighted by Gasteiger charge is 2.55. The molecule has 3 fully saturated rings. The molecule has 3 aliphatic rings. The van der Waals surface area contributed by atoms with Crippen molar-refractivity contribution in [3.05, 3.63) is 59.7 Å². The van der Waals surface area contributed by atoms with Gasteiger partial charge in [0.25, 0.3) is 0 Å². The maximum atomic E-state index is 13.7. The highest BCUT2D eigenvalue weighted by Crippen LogP contribution is 2.36. The Morgan fingerprint density at radius 2 is 1.64 bits per heavy atom. The second-order valence-electron chi connectivity index (χ2n) is 11.6. The van der Waals surface area contributed by atoms with Crippen LogP contribution in [0, 0.1) is 17.8 Å². The molecule has 0 unspecified atom stereocenters. The van der Waals surface area contributed by atoms with Gasteiger partial charge in [-0.25, -0.2) is 4.79 Å². The third-order valence-corrected chi connectivity index (χ3v) is 9.00. The monoisotopic (exact) mass is 573 g/mol. The molecule has 9 heteroatoms. The summed E-state index contributed by atoms with van der Waals surface area (Å²) in [6, 6.07) is 13.1. The van der Waals surface area contributed by atoms with Gasteiger partial charge in [0.15, 0.2) is 0 Å². The summed E-state index contributed by atoms with van der Waals surface area (Å²) in [6.45, 7) is 3.87. The van der Waals surface area contributed by atoms with Gasteiger partial charge in [-0.15, -0.1) is 5.92 Å². The van der Waals surface area contributed by atoms with Gasteiger partial charge in [-0.1, -0.05) is 37.3 Å². The molecule has 9 nitrogen and oxygen atoms in total. The van der Waals surface area contributed by atoms with E-state index in [2.05, 4.69) is 22.1 Å². The molecule has 2 aromatic carbocycles.